The van der Waals surface area contributed by atoms with Crippen molar-refractivity contribution in [1.82, 2.24) is 4.90 Å². The van der Waals surface area contributed by atoms with Gasteiger partial charge >= 0.3 is 0 Å². The van der Waals surface area contributed by atoms with Crippen LogP contribution in [0.1, 0.15) is 35.1 Å². The molecule has 0 saturated heterocycles. The van der Waals surface area contributed by atoms with Gasteiger partial charge in [0, 0.05) is 5.56 Å². The van der Waals surface area contributed by atoms with E-state index >= 15 is 0 Å². The smallest absolute Gasteiger partial charge is 0.123 e. The van der Waals surface area contributed by atoms with E-state index in [0.29, 0.717) is 35.1 Å². The molecule has 0 bridgehead atoms. The third kappa shape index (κ3) is 4.23. The Kier molecular flexibility index (Phi) is 6.27. The van der Waals surface area contributed by atoms with Crippen molar-refractivity contribution in [3.63, 3.8) is 0 Å². The maximum atomic E-state index is 13.3. The highest BCUT2D eigenvalue weighted by atomic mass is 19.1. The van der Waals surface area contributed by atoms with Gasteiger partial charge in [0.15, 0.2) is 0 Å². The second-order valence-electron chi connectivity index (χ2n) is 6.38. The molecule has 4 nitrogen and oxygen atoms in total. The Labute approximate surface area is 147 Å². The Morgan fingerprint density at radius 1 is 1.16 bits per heavy atom. The molecule has 0 amide bonds. The first-order chi connectivity index (χ1) is 11.9. The molecule has 0 saturated carbocycles. The van der Waals surface area contributed by atoms with Gasteiger partial charge in [-0.3, -0.25) is 0 Å². The fourth-order valence-electron chi connectivity index (χ4n) is 3.10. The summed E-state index contributed by atoms with van der Waals surface area (Å²) in [6, 6.07) is 12.7. The van der Waals surface area contributed by atoms with Crippen LogP contribution in [0.5, 0.6) is 0 Å². The molecule has 1 atom stereocenters. The minimum atomic E-state index is -1.48. The molecule has 0 spiro atoms. The number of aliphatic hydroxyl groups excluding tert-OH is 1. The number of benzene rings is 2. The van der Waals surface area contributed by atoms with Gasteiger partial charge in [0.05, 0.1) is 18.2 Å². The average Bonchev–Trinajstić information content (AvgIpc) is 2.61. The van der Waals surface area contributed by atoms with E-state index in [1.54, 1.807) is 18.2 Å². The van der Waals surface area contributed by atoms with Gasteiger partial charge in [-0.25, -0.2) is 4.39 Å². The molecule has 5 heteroatoms. The lowest BCUT2D eigenvalue weighted by Gasteiger charge is -2.32. The van der Waals surface area contributed by atoms with E-state index in [1.165, 1.54) is 24.3 Å². The van der Waals surface area contributed by atoms with Crippen LogP contribution in [0.25, 0.3) is 0 Å². The van der Waals surface area contributed by atoms with Crippen molar-refractivity contribution in [3.8, 4) is 6.07 Å². The molecule has 2 rings (SSSR count). The van der Waals surface area contributed by atoms with Crippen LogP contribution in [-0.2, 0) is 12.2 Å². The van der Waals surface area contributed by atoms with Crippen molar-refractivity contribution in [1.29, 1.82) is 5.26 Å². The zero-order chi connectivity index (χ0) is 18.4. The van der Waals surface area contributed by atoms with Crippen molar-refractivity contribution >= 4 is 0 Å². The molecule has 25 heavy (non-hydrogen) atoms. The number of nitrogens with zero attached hydrogens (tertiary/aromatic N) is 2. The summed E-state index contributed by atoms with van der Waals surface area (Å²) in [5, 5.41) is 30.8. The first-order valence-corrected chi connectivity index (χ1v) is 8.19. The average molecular weight is 342 g/mol. The Balaban J connectivity index is 2.59. The maximum Gasteiger partial charge on any atom is 0.123 e. The molecule has 2 N–H and O–H groups in total. The summed E-state index contributed by atoms with van der Waals surface area (Å²) in [5.74, 6) is -0.393. The first kappa shape index (κ1) is 19.1. The maximum absolute atomic E-state index is 13.3. The lowest BCUT2D eigenvalue weighted by Crippen LogP contribution is -2.31. The monoisotopic (exact) mass is 342 g/mol. The van der Waals surface area contributed by atoms with Gasteiger partial charge in [0.2, 0.25) is 0 Å². The fourth-order valence-corrected chi connectivity index (χ4v) is 3.10. The van der Waals surface area contributed by atoms with Gasteiger partial charge in [-0.15, -0.1) is 0 Å². The van der Waals surface area contributed by atoms with Crippen LogP contribution < -0.4 is 0 Å². The lowest BCUT2D eigenvalue weighted by atomic mass is 9.78. The summed E-state index contributed by atoms with van der Waals surface area (Å²) in [4.78, 5) is 2.01. The van der Waals surface area contributed by atoms with E-state index in [0.717, 1.165) is 6.54 Å². The summed E-state index contributed by atoms with van der Waals surface area (Å²) in [6.07, 6.45) is 1.02. The van der Waals surface area contributed by atoms with Crippen LogP contribution in [0.4, 0.5) is 4.39 Å². The molecule has 0 fully saturated rings. The van der Waals surface area contributed by atoms with Crippen molar-refractivity contribution in [2.24, 2.45) is 0 Å². The van der Waals surface area contributed by atoms with Crippen LogP contribution in [0.15, 0.2) is 42.5 Å². The van der Waals surface area contributed by atoms with Crippen molar-refractivity contribution < 1.29 is 14.6 Å². The Bertz CT molecular complexity index is 753. The zero-order valence-electron chi connectivity index (χ0n) is 14.5. The minimum Gasteiger partial charge on any atom is -0.392 e. The van der Waals surface area contributed by atoms with Crippen LogP contribution in [0.2, 0.25) is 0 Å². The molecule has 132 valence electrons. The normalized spacial score (nSPS) is 13.5. The number of halogens is 1. The van der Waals surface area contributed by atoms with Crippen LogP contribution in [0, 0.1) is 17.1 Å². The lowest BCUT2D eigenvalue weighted by molar-refractivity contribution is 0.0638. The Hall–Kier alpha value is -2.26. The van der Waals surface area contributed by atoms with Crippen LogP contribution in [0.3, 0.4) is 0 Å². The Morgan fingerprint density at radius 2 is 1.84 bits per heavy atom. The van der Waals surface area contributed by atoms with Gasteiger partial charge in [0.1, 0.15) is 11.4 Å². The molecule has 0 aliphatic heterocycles. The second kappa shape index (κ2) is 8.21. The van der Waals surface area contributed by atoms with E-state index in [-0.39, 0.29) is 6.61 Å². The molecule has 0 radical (unpaired) electrons. The summed E-state index contributed by atoms with van der Waals surface area (Å²) >= 11 is 0. The van der Waals surface area contributed by atoms with E-state index in [1.807, 2.05) is 19.0 Å². The molecule has 1 unspecified atom stereocenters. The number of hydrogen-bond donors (Lipinski definition) is 2. The zero-order valence-corrected chi connectivity index (χ0v) is 14.5. The molecule has 0 heterocycles. The quantitative estimate of drug-likeness (QED) is 0.812. The SMILES string of the molecule is CN(C)CCCC(O)(c1ccc(F)cc1)c1c(C#N)cccc1CO. The van der Waals surface area contributed by atoms with Crippen LogP contribution in [-0.4, -0.2) is 35.8 Å². The second-order valence-corrected chi connectivity index (χ2v) is 6.38. The molecule has 0 aliphatic rings. The number of nitriles is 1. The van der Waals surface area contributed by atoms with Crippen LogP contribution >= 0.6 is 0 Å². The fraction of sp³-hybridized carbons (Fsp3) is 0.350. The first-order valence-electron chi connectivity index (χ1n) is 8.19. The van der Waals surface area contributed by atoms with Crippen molar-refractivity contribution in [2.45, 2.75) is 25.0 Å². The van der Waals surface area contributed by atoms with Gasteiger partial charge < -0.3 is 15.1 Å². The van der Waals surface area contributed by atoms with E-state index < -0.39 is 11.4 Å². The summed E-state index contributed by atoms with van der Waals surface area (Å²) in [7, 11) is 3.89. The molecule has 0 aromatic heterocycles. The third-order valence-corrected chi connectivity index (χ3v) is 4.32. The highest BCUT2D eigenvalue weighted by molar-refractivity contribution is 5.50. The number of hydrogen-bond acceptors (Lipinski definition) is 4. The van der Waals surface area contributed by atoms with E-state index in [2.05, 4.69) is 6.07 Å². The molecule has 0 aliphatic carbocycles. The highest BCUT2D eigenvalue weighted by Crippen LogP contribution is 2.38. The van der Waals surface area contributed by atoms with Gasteiger partial charge in [-0.05, 0) is 62.8 Å². The van der Waals surface area contributed by atoms with Gasteiger partial charge in [-0.2, -0.15) is 5.26 Å². The van der Waals surface area contributed by atoms with Gasteiger partial charge in [-0.1, -0.05) is 24.3 Å². The van der Waals surface area contributed by atoms with Crippen molar-refractivity contribution in [3.05, 3.63) is 70.5 Å². The third-order valence-electron chi connectivity index (χ3n) is 4.32. The Morgan fingerprint density at radius 3 is 2.40 bits per heavy atom. The van der Waals surface area contributed by atoms with Gasteiger partial charge in [0.25, 0.3) is 0 Å². The molecule has 2 aromatic carbocycles. The summed E-state index contributed by atoms with van der Waals surface area (Å²) in [5.41, 5.74) is 0.225. The number of aliphatic hydroxyl groups is 2. The predicted molar refractivity (Wildman–Crippen MR) is 94.3 cm³/mol. The molecule has 2 aromatic rings. The summed E-state index contributed by atoms with van der Waals surface area (Å²) < 4.78 is 13.3. The molecular weight excluding hydrogens is 319 g/mol. The predicted octanol–water partition coefficient (Wildman–Crippen LogP) is 2.77. The standard InChI is InChI=1S/C20H23FN2O2/c1-23(2)12-4-11-20(25,17-7-9-18(21)10-8-17)19-15(13-22)5-3-6-16(19)14-24/h3,5-10,24-25H,4,11-12,14H2,1-2H3. The van der Waals surface area contributed by atoms with E-state index in [9.17, 15) is 19.9 Å². The largest absolute Gasteiger partial charge is 0.392 e. The number of rotatable bonds is 7. The van der Waals surface area contributed by atoms with E-state index in [4.69, 9.17) is 0 Å². The summed E-state index contributed by atoms with van der Waals surface area (Å²) in [6.45, 7) is 0.467. The topological polar surface area (TPSA) is 67.5 Å². The highest BCUT2D eigenvalue weighted by Gasteiger charge is 2.35. The minimum absolute atomic E-state index is 0.290. The van der Waals surface area contributed by atoms with Crippen molar-refractivity contribution in [2.75, 3.05) is 20.6 Å². The molecular formula is C20H23FN2O2.